The zero-order valence-electron chi connectivity index (χ0n) is 8.70. The Labute approximate surface area is 89.4 Å². The molecule has 5 heteroatoms. The van der Waals surface area contributed by atoms with E-state index in [1.807, 2.05) is 20.8 Å². The van der Waals surface area contributed by atoms with Crippen LogP contribution in [0.5, 0.6) is 0 Å². The van der Waals surface area contributed by atoms with Crippen LogP contribution < -0.4 is 5.32 Å². The largest absolute Gasteiger partial charge is 0.325 e. The molecule has 0 spiro atoms. The zero-order chi connectivity index (χ0) is 10.9. The molecule has 1 saturated heterocycles. The van der Waals surface area contributed by atoms with Crippen LogP contribution in [0, 0.1) is 5.92 Å². The number of urea groups is 1. The molecule has 1 fully saturated rings. The van der Waals surface area contributed by atoms with E-state index in [4.69, 9.17) is 0 Å². The first-order chi connectivity index (χ1) is 6.43. The number of carbonyl (C=O) groups excluding carboxylic acids is 2. The van der Waals surface area contributed by atoms with Crippen molar-refractivity contribution < 1.29 is 9.59 Å². The fourth-order valence-corrected chi connectivity index (χ4v) is 1.62. The SMILES string of the molecule is CCCN1C(=O)NC(S)(C(C)C)C1=O. The highest BCUT2D eigenvalue weighted by atomic mass is 32.1. The Balaban J connectivity index is 2.89. The van der Waals surface area contributed by atoms with Crippen LogP contribution in [0.1, 0.15) is 27.2 Å². The lowest BCUT2D eigenvalue weighted by Crippen LogP contribution is -2.46. The summed E-state index contributed by atoms with van der Waals surface area (Å²) >= 11 is 4.26. The molecule has 80 valence electrons. The Morgan fingerprint density at radius 1 is 1.50 bits per heavy atom. The van der Waals surface area contributed by atoms with Gasteiger partial charge in [-0.05, 0) is 12.3 Å². The third kappa shape index (κ3) is 1.61. The predicted molar refractivity (Wildman–Crippen MR) is 57.1 cm³/mol. The molecule has 0 radical (unpaired) electrons. The van der Waals surface area contributed by atoms with Gasteiger partial charge in [-0.25, -0.2) is 4.79 Å². The van der Waals surface area contributed by atoms with Gasteiger partial charge in [0.2, 0.25) is 0 Å². The highest BCUT2D eigenvalue weighted by Crippen LogP contribution is 2.29. The second-order valence-corrected chi connectivity index (χ2v) is 4.51. The Kier molecular flexibility index (Phi) is 3.09. The van der Waals surface area contributed by atoms with Crippen LogP contribution in [0.2, 0.25) is 0 Å². The lowest BCUT2D eigenvalue weighted by Gasteiger charge is -2.24. The lowest BCUT2D eigenvalue weighted by atomic mass is 10.0. The van der Waals surface area contributed by atoms with Crippen molar-refractivity contribution >= 4 is 24.6 Å². The van der Waals surface area contributed by atoms with E-state index in [1.54, 1.807) is 0 Å². The van der Waals surface area contributed by atoms with Crippen molar-refractivity contribution in [3.05, 3.63) is 0 Å². The number of carbonyl (C=O) groups is 2. The van der Waals surface area contributed by atoms with Crippen molar-refractivity contribution in [1.29, 1.82) is 0 Å². The van der Waals surface area contributed by atoms with Gasteiger partial charge in [0.15, 0.2) is 4.87 Å². The summed E-state index contributed by atoms with van der Waals surface area (Å²) < 4.78 is 0. The summed E-state index contributed by atoms with van der Waals surface area (Å²) in [6.07, 6.45) is 0.765. The zero-order valence-corrected chi connectivity index (χ0v) is 9.60. The maximum absolute atomic E-state index is 11.8. The fraction of sp³-hybridized carbons (Fsp3) is 0.778. The van der Waals surface area contributed by atoms with Gasteiger partial charge in [-0.1, -0.05) is 20.8 Å². The van der Waals surface area contributed by atoms with Gasteiger partial charge >= 0.3 is 6.03 Å². The molecule has 1 unspecified atom stereocenters. The second kappa shape index (κ2) is 3.81. The van der Waals surface area contributed by atoms with Crippen LogP contribution in [0.3, 0.4) is 0 Å². The molecular formula is C9H16N2O2S. The standard InChI is InChI=1S/C9H16N2O2S/c1-4-5-11-7(12)9(14,6(2)3)10-8(11)13/h6,14H,4-5H2,1-3H3,(H,10,13). The van der Waals surface area contributed by atoms with E-state index in [-0.39, 0.29) is 17.9 Å². The number of hydrogen-bond donors (Lipinski definition) is 2. The molecule has 1 aliphatic rings. The summed E-state index contributed by atoms with van der Waals surface area (Å²) in [4.78, 5) is 23.5. The lowest BCUT2D eigenvalue weighted by molar-refractivity contribution is -0.129. The van der Waals surface area contributed by atoms with Crippen LogP contribution >= 0.6 is 12.6 Å². The van der Waals surface area contributed by atoms with Gasteiger partial charge in [0.1, 0.15) is 0 Å². The molecule has 4 nitrogen and oxygen atoms in total. The molecule has 0 saturated carbocycles. The maximum Gasteiger partial charge on any atom is 0.325 e. The van der Waals surface area contributed by atoms with Gasteiger partial charge in [-0.2, -0.15) is 0 Å². The van der Waals surface area contributed by atoms with Gasteiger partial charge < -0.3 is 5.32 Å². The van der Waals surface area contributed by atoms with Crippen molar-refractivity contribution in [2.45, 2.75) is 32.1 Å². The minimum Gasteiger partial charge on any atom is -0.315 e. The summed E-state index contributed by atoms with van der Waals surface area (Å²) in [7, 11) is 0. The highest BCUT2D eigenvalue weighted by molar-refractivity contribution is 7.82. The summed E-state index contributed by atoms with van der Waals surface area (Å²) in [5, 5.41) is 2.62. The minimum atomic E-state index is -1.02. The summed E-state index contributed by atoms with van der Waals surface area (Å²) in [6.45, 7) is 6.11. The topological polar surface area (TPSA) is 49.4 Å². The molecule has 0 aliphatic carbocycles. The number of nitrogens with zero attached hydrogens (tertiary/aromatic N) is 1. The quantitative estimate of drug-likeness (QED) is 0.550. The van der Waals surface area contributed by atoms with Crippen LogP contribution in [-0.2, 0) is 4.79 Å². The molecule has 14 heavy (non-hydrogen) atoms. The molecule has 1 atom stereocenters. The molecule has 1 heterocycles. The smallest absolute Gasteiger partial charge is 0.315 e. The summed E-state index contributed by atoms with van der Waals surface area (Å²) in [6, 6.07) is -0.333. The van der Waals surface area contributed by atoms with Crippen LogP contribution in [0.25, 0.3) is 0 Å². The van der Waals surface area contributed by atoms with E-state index >= 15 is 0 Å². The maximum atomic E-state index is 11.8. The van der Waals surface area contributed by atoms with Crippen molar-refractivity contribution in [2.75, 3.05) is 6.54 Å². The van der Waals surface area contributed by atoms with E-state index in [0.717, 1.165) is 6.42 Å². The number of hydrogen-bond acceptors (Lipinski definition) is 3. The minimum absolute atomic E-state index is 0.0239. The average molecular weight is 216 g/mol. The van der Waals surface area contributed by atoms with Gasteiger partial charge in [-0.3, -0.25) is 9.69 Å². The third-order valence-corrected chi connectivity index (χ3v) is 3.22. The van der Waals surface area contributed by atoms with Gasteiger partial charge in [0.25, 0.3) is 5.91 Å². The summed E-state index contributed by atoms with van der Waals surface area (Å²) in [5.41, 5.74) is 0. The number of rotatable bonds is 3. The molecule has 0 aromatic rings. The van der Waals surface area contributed by atoms with E-state index in [9.17, 15) is 9.59 Å². The summed E-state index contributed by atoms with van der Waals surface area (Å²) in [5.74, 6) is -0.258. The molecule has 0 aromatic heterocycles. The third-order valence-electron chi connectivity index (χ3n) is 2.40. The van der Waals surface area contributed by atoms with Crippen molar-refractivity contribution in [1.82, 2.24) is 10.2 Å². The molecular weight excluding hydrogens is 200 g/mol. The normalized spacial score (nSPS) is 27.4. The second-order valence-electron chi connectivity index (χ2n) is 3.81. The first kappa shape index (κ1) is 11.4. The van der Waals surface area contributed by atoms with Crippen LogP contribution in [0.4, 0.5) is 4.79 Å². The first-order valence-corrected chi connectivity index (χ1v) is 5.24. The van der Waals surface area contributed by atoms with Crippen molar-refractivity contribution in [2.24, 2.45) is 5.92 Å². The molecule has 3 amide bonds. The van der Waals surface area contributed by atoms with E-state index in [2.05, 4.69) is 17.9 Å². The molecule has 1 N–H and O–H groups in total. The number of nitrogens with one attached hydrogen (secondary N) is 1. The Bertz CT molecular complexity index is 268. The van der Waals surface area contributed by atoms with Crippen LogP contribution in [-0.4, -0.2) is 28.3 Å². The Hall–Kier alpha value is -0.710. The van der Waals surface area contributed by atoms with Crippen LogP contribution in [0.15, 0.2) is 0 Å². The highest BCUT2D eigenvalue weighted by Gasteiger charge is 2.50. The van der Waals surface area contributed by atoms with Gasteiger partial charge in [-0.15, -0.1) is 12.6 Å². The van der Waals surface area contributed by atoms with Crippen molar-refractivity contribution in [3.63, 3.8) is 0 Å². The van der Waals surface area contributed by atoms with E-state index < -0.39 is 4.87 Å². The Morgan fingerprint density at radius 2 is 2.07 bits per heavy atom. The number of thiol groups is 1. The Morgan fingerprint density at radius 3 is 2.43 bits per heavy atom. The molecule has 0 aromatic carbocycles. The van der Waals surface area contributed by atoms with Crippen molar-refractivity contribution in [3.8, 4) is 0 Å². The fourth-order valence-electron chi connectivity index (χ4n) is 1.40. The molecule has 1 aliphatic heterocycles. The first-order valence-electron chi connectivity index (χ1n) is 4.80. The molecule has 0 bridgehead atoms. The van der Waals surface area contributed by atoms with E-state index in [1.165, 1.54) is 4.90 Å². The van der Waals surface area contributed by atoms with Gasteiger partial charge in [0, 0.05) is 6.54 Å². The average Bonchev–Trinajstić information content (AvgIpc) is 2.31. The van der Waals surface area contributed by atoms with E-state index in [0.29, 0.717) is 6.54 Å². The predicted octanol–water partition coefficient (Wildman–Crippen LogP) is 1.23. The number of amides is 3. The molecule has 1 rings (SSSR count). The van der Waals surface area contributed by atoms with Gasteiger partial charge in [0.05, 0.1) is 0 Å². The number of imide groups is 1. The monoisotopic (exact) mass is 216 g/mol.